The molecule has 0 unspecified atom stereocenters. The van der Waals surface area contributed by atoms with E-state index in [4.69, 9.17) is 5.73 Å². The normalized spacial score (nSPS) is 11.4. The first-order chi connectivity index (χ1) is 8.15. The molecule has 0 aliphatic rings. The number of anilines is 1. The zero-order valence-electron chi connectivity index (χ0n) is 10.5. The summed E-state index contributed by atoms with van der Waals surface area (Å²) in [5.41, 5.74) is 6.43. The largest absolute Gasteiger partial charge is 0.350 e. The van der Waals surface area contributed by atoms with Gasteiger partial charge in [-0.2, -0.15) is 0 Å². The molecule has 0 aromatic carbocycles. The molecule has 0 radical (unpaired) electrons. The SMILES string of the molecule is Cc1nnc2c(N(CCN)C(C)C)nccn12. The van der Waals surface area contributed by atoms with E-state index in [1.807, 2.05) is 17.5 Å². The number of rotatable bonds is 4. The van der Waals surface area contributed by atoms with E-state index in [0.29, 0.717) is 12.6 Å². The first-order valence-corrected chi connectivity index (χ1v) is 5.78. The number of fused-ring (bicyclic) bond motifs is 1. The molecule has 2 aromatic heterocycles. The average molecular weight is 234 g/mol. The van der Waals surface area contributed by atoms with Gasteiger partial charge in [-0.05, 0) is 20.8 Å². The van der Waals surface area contributed by atoms with Crippen LogP contribution in [0.3, 0.4) is 0 Å². The fourth-order valence-electron chi connectivity index (χ4n) is 1.88. The lowest BCUT2D eigenvalue weighted by atomic mass is 10.3. The van der Waals surface area contributed by atoms with E-state index in [1.54, 1.807) is 6.20 Å². The highest BCUT2D eigenvalue weighted by Crippen LogP contribution is 2.19. The van der Waals surface area contributed by atoms with Crippen LogP contribution in [0.5, 0.6) is 0 Å². The van der Waals surface area contributed by atoms with E-state index in [1.165, 1.54) is 0 Å². The van der Waals surface area contributed by atoms with Crippen LogP contribution in [0.4, 0.5) is 5.82 Å². The second-order valence-corrected chi connectivity index (χ2v) is 4.27. The van der Waals surface area contributed by atoms with Crippen molar-refractivity contribution in [1.82, 2.24) is 19.6 Å². The maximum absolute atomic E-state index is 5.64. The third-order valence-corrected chi connectivity index (χ3v) is 2.74. The van der Waals surface area contributed by atoms with Crippen LogP contribution in [-0.4, -0.2) is 38.7 Å². The van der Waals surface area contributed by atoms with Gasteiger partial charge in [0, 0.05) is 31.5 Å². The van der Waals surface area contributed by atoms with Crippen LogP contribution in [0.25, 0.3) is 5.65 Å². The minimum atomic E-state index is 0.328. The van der Waals surface area contributed by atoms with Crippen molar-refractivity contribution in [1.29, 1.82) is 0 Å². The highest BCUT2D eigenvalue weighted by molar-refractivity contribution is 5.64. The van der Waals surface area contributed by atoms with Gasteiger partial charge >= 0.3 is 0 Å². The third kappa shape index (κ3) is 2.08. The molecule has 92 valence electrons. The molecule has 2 heterocycles. The molecule has 2 aromatic rings. The summed E-state index contributed by atoms with van der Waals surface area (Å²) >= 11 is 0. The summed E-state index contributed by atoms with van der Waals surface area (Å²) in [6, 6.07) is 0.328. The molecule has 6 nitrogen and oxygen atoms in total. The van der Waals surface area contributed by atoms with Crippen LogP contribution < -0.4 is 10.6 Å². The number of hydrogen-bond acceptors (Lipinski definition) is 5. The van der Waals surface area contributed by atoms with E-state index in [9.17, 15) is 0 Å². The van der Waals surface area contributed by atoms with Crippen LogP contribution in [0, 0.1) is 6.92 Å². The molecule has 6 heteroatoms. The lowest BCUT2D eigenvalue weighted by Gasteiger charge is -2.27. The summed E-state index contributed by atoms with van der Waals surface area (Å²) in [5, 5.41) is 8.25. The molecule has 0 bridgehead atoms. The Morgan fingerprint density at radius 1 is 1.41 bits per heavy atom. The maximum Gasteiger partial charge on any atom is 0.203 e. The first-order valence-electron chi connectivity index (χ1n) is 5.78. The summed E-state index contributed by atoms with van der Waals surface area (Å²) in [6.07, 6.45) is 3.64. The van der Waals surface area contributed by atoms with Gasteiger partial charge in [-0.15, -0.1) is 10.2 Å². The molecule has 0 saturated carbocycles. The second kappa shape index (κ2) is 4.67. The Bertz CT molecular complexity index is 504. The van der Waals surface area contributed by atoms with Crippen LogP contribution >= 0.6 is 0 Å². The van der Waals surface area contributed by atoms with Crippen LogP contribution in [0.15, 0.2) is 12.4 Å². The topological polar surface area (TPSA) is 72.3 Å². The number of nitrogens with zero attached hydrogens (tertiary/aromatic N) is 5. The molecule has 0 amide bonds. The lowest BCUT2D eigenvalue weighted by Crippen LogP contribution is -2.36. The van der Waals surface area contributed by atoms with Crippen molar-refractivity contribution in [3.63, 3.8) is 0 Å². The van der Waals surface area contributed by atoms with Crippen molar-refractivity contribution >= 4 is 11.5 Å². The fourth-order valence-corrected chi connectivity index (χ4v) is 1.88. The molecule has 2 rings (SSSR count). The van der Waals surface area contributed by atoms with Crippen molar-refractivity contribution in [3.8, 4) is 0 Å². The Kier molecular flexibility index (Phi) is 3.23. The van der Waals surface area contributed by atoms with Gasteiger partial charge in [0.05, 0.1) is 0 Å². The van der Waals surface area contributed by atoms with Crippen molar-refractivity contribution < 1.29 is 0 Å². The molecule has 0 aliphatic carbocycles. The molecule has 0 spiro atoms. The lowest BCUT2D eigenvalue weighted by molar-refractivity contribution is 0.674. The molecular weight excluding hydrogens is 216 g/mol. The summed E-state index contributed by atoms with van der Waals surface area (Å²) in [6.45, 7) is 7.50. The van der Waals surface area contributed by atoms with Gasteiger partial charge < -0.3 is 10.6 Å². The van der Waals surface area contributed by atoms with Crippen molar-refractivity contribution in [2.75, 3.05) is 18.0 Å². The smallest absolute Gasteiger partial charge is 0.203 e. The summed E-state index contributed by atoms with van der Waals surface area (Å²) in [5.74, 6) is 1.70. The number of aryl methyl sites for hydroxylation is 1. The van der Waals surface area contributed by atoms with Crippen molar-refractivity contribution in [2.45, 2.75) is 26.8 Å². The Labute approximate surface area is 100 Å². The molecule has 0 fully saturated rings. The van der Waals surface area contributed by atoms with Crippen LogP contribution in [0.1, 0.15) is 19.7 Å². The number of nitrogens with two attached hydrogens (primary N) is 1. The molecule has 0 saturated heterocycles. The Morgan fingerprint density at radius 3 is 2.82 bits per heavy atom. The van der Waals surface area contributed by atoms with Gasteiger partial charge in [0.1, 0.15) is 5.82 Å². The van der Waals surface area contributed by atoms with Gasteiger partial charge in [0.25, 0.3) is 0 Å². The molecule has 17 heavy (non-hydrogen) atoms. The van der Waals surface area contributed by atoms with Crippen molar-refractivity contribution in [2.24, 2.45) is 5.73 Å². The average Bonchev–Trinajstić information content (AvgIpc) is 2.68. The predicted molar refractivity (Wildman–Crippen MR) is 67.1 cm³/mol. The minimum Gasteiger partial charge on any atom is -0.350 e. The van der Waals surface area contributed by atoms with Gasteiger partial charge in [-0.3, -0.25) is 4.40 Å². The van der Waals surface area contributed by atoms with Crippen LogP contribution in [0.2, 0.25) is 0 Å². The molecule has 0 aliphatic heterocycles. The Balaban J connectivity index is 2.52. The second-order valence-electron chi connectivity index (χ2n) is 4.27. The fraction of sp³-hybridized carbons (Fsp3) is 0.545. The minimum absolute atomic E-state index is 0.328. The van der Waals surface area contributed by atoms with Crippen molar-refractivity contribution in [3.05, 3.63) is 18.2 Å². The van der Waals surface area contributed by atoms with E-state index in [2.05, 4.69) is 33.9 Å². The summed E-state index contributed by atoms with van der Waals surface area (Å²) in [4.78, 5) is 6.55. The van der Waals surface area contributed by atoms with E-state index < -0.39 is 0 Å². The standard InChI is InChI=1S/C11H18N6/c1-8(2)16(6-4-12)10-11-15-14-9(3)17(11)7-5-13-10/h5,7-8H,4,6,12H2,1-3H3. The van der Waals surface area contributed by atoms with Gasteiger partial charge in [0.15, 0.2) is 5.82 Å². The monoisotopic (exact) mass is 234 g/mol. The molecule has 0 atom stereocenters. The Morgan fingerprint density at radius 2 is 2.18 bits per heavy atom. The quantitative estimate of drug-likeness (QED) is 0.839. The van der Waals surface area contributed by atoms with Crippen LogP contribution in [-0.2, 0) is 0 Å². The molecular formula is C11H18N6. The first kappa shape index (κ1) is 11.8. The number of hydrogen-bond donors (Lipinski definition) is 1. The van der Waals surface area contributed by atoms with E-state index >= 15 is 0 Å². The highest BCUT2D eigenvalue weighted by Gasteiger charge is 2.16. The summed E-state index contributed by atoms with van der Waals surface area (Å²) in [7, 11) is 0. The maximum atomic E-state index is 5.64. The molecule has 2 N–H and O–H groups in total. The summed E-state index contributed by atoms with van der Waals surface area (Å²) < 4.78 is 1.94. The predicted octanol–water partition coefficient (Wildman–Crippen LogP) is 0.606. The van der Waals surface area contributed by atoms with Gasteiger partial charge in [-0.25, -0.2) is 4.98 Å². The Hall–Kier alpha value is -1.69. The van der Waals surface area contributed by atoms with Gasteiger partial charge in [-0.1, -0.05) is 0 Å². The van der Waals surface area contributed by atoms with E-state index in [-0.39, 0.29) is 0 Å². The zero-order valence-corrected chi connectivity index (χ0v) is 10.5. The zero-order chi connectivity index (χ0) is 12.4. The third-order valence-electron chi connectivity index (χ3n) is 2.74. The van der Waals surface area contributed by atoms with E-state index in [0.717, 1.165) is 23.8 Å². The highest BCUT2D eigenvalue weighted by atomic mass is 15.3. The number of aromatic nitrogens is 4. The van der Waals surface area contributed by atoms with Gasteiger partial charge in [0.2, 0.25) is 5.65 Å².